The Morgan fingerprint density at radius 3 is 2.73 bits per heavy atom. The van der Waals surface area contributed by atoms with E-state index >= 15 is 0 Å². The van der Waals surface area contributed by atoms with E-state index in [0.717, 1.165) is 24.1 Å². The summed E-state index contributed by atoms with van der Waals surface area (Å²) in [6.45, 7) is 4.75. The second-order valence-corrected chi connectivity index (χ2v) is 7.09. The Labute approximate surface area is 157 Å². The topological polar surface area (TPSA) is 75.4 Å². The van der Waals surface area contributed by atoms with Gasteiger partial charge in [-0.1, -0.05) is 29.8 Å². The van der Waals surface area contributed by atoms with Crippen LogP contribution in [0.1, 0.15) is 46.6 Å². The molecule has 138 valence electrons. The fourth-order valence-corrected chi connectivity index (χ4v) is 3.80. The quantitative estimate of drug-likeness (QED) is 0.870. The number of benzene rings is 1. The molecule has 26 heavy (non-hydrogen) atoms. The Kier molecular flexibility index (Phi) is 5.32. The van der Waals surface area contributed by atoms with E-state index in [1.807, 2.05) is 38.1 Å². The molecular weight excluding hydrogens is 354 g/mol. The predicted molar refractivity (Wildman–Crippen MR) is 98.6 cm³/mol. The van der Waals surface area contributed by atoms with Crippen molar-refractivity contribution in [3.05, 3.63) is 51.8 Å². The molecule has 1 atom stereocenters. The summed E-state index contributed by atoms with van der Waals surface area (Å²) in [4.78, 5) is 25.8. The van der Waals surface area contributed by atoms with Crippen molar-refractivity contribution >= 4 is 23.5 Å². The number of hydrogen-bond donors (Lipinski definition) is 1. The van der Waals surface area contributed by atoms with Gasteiger partial charge in [0.2, 0.25) is 0 Å². The normalized spacial score (nSPS) is 16.9. The number of carbonyl (C=O) groups is 2. The zero-order chi connectivity index (χ0) is 18.8. The van der Waals surface area contributed by atoms with Gasteiger partial charge in [-0.2, -0.15) is 5.10 Å². The Balaban J connectivity index is 1.87. The maximum absolute atomic E-state index is 13.1. The predicted octanol–water partition coefficient (Wildman–Crippen LogP) is 3.28. The molecular formula is C19H22ClN3O3. The molecule has 2 aromatic rings. The van der Waals surface area contributed by atoms with Gasteiger partial charge in [0.25, 0.3) is 5.91 Å². The van der Waals surface area contributed by atoms with E-state index in [2.05, 4.69) is 5.10 Å². The van der Waals surface area contributed by atoms with E-state index in [0.29, 0.717) is 29.4 Å². The lowest BCUT2D eigenvalue weighted by Gasteiger charge is -2.23. The largest absolute Gasteiger partial charge is 0.481 e. The molecule has 1 saturated heterocycles. The molecule has 0 radical (unpaired) electrons. The van der Waals surface area contributed by atoms with E-state index in [1.54, 1.807) is 9.58 Å². The van der Waals surface area contributed by atoms with Gasteiger partial charge >= 0.3 is 5.97 Å². The van der Waals surface area contributed by atoms with Gasteiger partial charge in [0, 0.05) is 23.3 Å². The molecule has 1 fully saturated rings. The zero-order valence-electron chi connectivity index (χ0n) is 14.9. The Morgan fingerprint density at radius 2 is 2.04 bits per heavy atom. The first-order valence-corrected chi connectivity index (χ1v) is 9.06. The lowest BCUT2D eigenvalue weighted by Crippen LogP contribution is -2.37. The van der Waals surface area contributed by atoms with Crippen molar-refractivity contribution in [3.8, 4) is 0 Å². The SMILES string of the molecule is Cc1nn(Cc2ccccc2Cl)c(C)c1C(=O)N1CCCC1CC(=O)O. The van der Waals surface area contributed by atoms with Gasteiger partial charge in [0.05, 0.1) is 24.2 Å². The molecule has 0 saturated carbocycles. The molecule has 1 aliphatic rings. The van der Waals surface area contributed by atoms with Crippen molar-refractivity contribution in [1.29, 1.82) is 0 Å². The summed E-state index contributed by atoms with van der Waals surface area (Å²) < 4.78 is 1.78. The lowest BCUT2D eigenvalue weighted by molar-refractivity contribution is -0.137. The van der Waals surface area contributed by atoms with Gasteiger partial charge in [-0.25, -0.2) is 0 Å². The third-order valence-corrected chi connectivity index (χ3v) is 5.29. The Hall–Kier alpha value is -2.34. The first kappa shape index (κ1) is 18.5. The first-order valence-electron chi connectivity index (χ1n) is 8.68. The van der Waals surface area contributed by atoms with E-state index in [4.69, 9.17) is 16.7 Å². The number of rotatable bonds is 5. The summed E-state index contributed by atoms with van der Waals surface area (Å²) in [6, 6.07) is 7.31. The van der Waals surface area contributed by atoms with Crippen LogP contribution in [0.25, 0.3) is 0 Å². The van der Waals surface area contributed by atoms with Crippen LogP contribution in [0, 0.1) is 13.8 Å². The zero-order valence-corrected chi connectivity index (χ0v) is 15.7. The van der Waals surface area contributed by atoms with Crippen LogP contribution in [0.3, 0.4) is 0 Å². The molecule has 0 bridgehead atoms. The number of amides is 1. The van der Waals surface area contributed by atoms with Gasteiger partial charge < -0.3 is 10.0 Å². The van der Waals surface area contributed by atoms with Crippen LogP contribution in [0.2, 0.25) is 5.02 Å². The van der Waals surface area contributed by atoms with Crippen molar-refractivity contribution in [3.63, 3.8) is 0 Å². The number of hydrogen-bond acceptors (Lipinski definition) is 3. The van der Waals surface area contributed by atoms with Gasteiger partial charge in [0.1, 0.15) is 0 Å². The molecule has 0 aliphatic carbocycles. The maximum Gasteiger partial charge on any atom is 0.305 e. The van der Waals surface area contributed by atoms with Gasteiger partial charge in [-0.05, 0) is 38.3 Å². The van der Waals surface area contributed by atoms with Crippen molar-refractivity contribution in [2.75, 3.05) is 6.54 Å². The summed E-state index contributed by atoms with van der Waals surface area (Å²) >= 11 is 6.23. The minimum absolute atomic E-state index is 0.0163. The fourth-order valence-electron chi connectivity index (χ4n) is 3.61. The molecule has 1 unspecified atom stereocenters. The maximum atomic E-state index is 13.1. The summed E-state index contributed by atoms with van der Waals surface area (Å²) in [5, 5.41) is 14.3. The Bertz CT molecular complexity index is 847. The summed E-state index contributed by atoms with van der Waals surface area (Å²) in [7, 11) is 0. The number of likely N-dealkylation sites (tertiary alicyclic amines) is 1. The highest BCUT2D eigenvalue weighted by atomic mass is 35.5. The summed E-state index contributed by atoms with van der Waals surface area (Å²) in [5.41, 5.74) is 2.92. The number of carboxylic acids is 1. The molecule has 0 spiro atoms. The number of carbonyl (C=O) groups excluding carboxylic acids is 1. The standard InChI is InChI=1S/C19H22ClN3O3/c1-12-18(19(26)22-9-5-7-15(22)10-17(24)25)13(2)23(21-12)11-14-6-3-4-8-16(14)20/h3-4,6,8,15H,5,7,9-11H2,1-2H3,(H,24,25). The molecule has 6 nitrogen and oxygen atoms in total. The molecule has 1 aromatic heterocycles. The highest BCUT2D eigenvalue weighted by molar-refractivity contribution is 6.31. The second-order valence-electron chi connectivity index (χ2n) is 6.69. The van der Waals surface area contributed by atoms with Crippen molar-refractivity contribution < 1.29 is 14.7 Å². The van der Waals surface area contributed by atoms with Gasteiger partial charge in [-0.15, -0.1) is 0 Å². The van der Waals surface area contributed by atoms with Crippen LogP contribution in [0.5, 0.6) is 0 Å². The minimum atomic E-state index is -0.877. The molecule has 1 aromatic carbocycles. The van der Waals surface area contributed by atoms with E-state index in [-0.39, 0.29) is 18.4 Å². The molecule has 3 rings (SSSR count). The number of nitrogens with zero attached hydrogens (tertiary/aromatic N) is 3. The number of carboxylic acid groups (broad SMARTS) is 1. The number of aromatic nitrogens is 2. The van der Waals surface area contributed by atoms with Crippen LogP contribution in [0.15, 0.2) is 24.3 Å². The fraction of sp³-hybridized carbons (Fsp3) is 0.421. The van der Waals surface area contributed by atoms with Gasteiger partial charge in [0.15, 0.2) is 0 Å². The van der Waals surface area contributed by atoms with Crippen LogP contribution < -0.4 is 0 Å². The molecule has 2 heterocycles. The Morgan fingerprint density at radius 1 is 1.31 bits per heavy atom. The smallest absolute Gasteiger partial charge is 0.305 e. The average Bonchev–Trinajstić information content (AvgIpc) is 3.13. The third-order valence-electron chi connectivity index (χ3n) is 4.92. The second kappa shape index (κ2) is 7.50. The minimum Gasteiger partial charge on any atom is -0.481 e. The van der Waals surface area contributed by atoms with E-state index < -0.39 is 5.97 Å². The molecule has 7 heteroatoms. The van der Waals surface area contributed by atoms with Crippen molar-refractivity contribution in [2.45, 2.75) is 45.7 Å². The number of halogens is 1. The monoisotopic (exact) mass is 375 g/mol. The van der Waals surface area contributed by atoms with Crippen molar-refractivity contribution in [2.24, 2.45) is 0 Å². The lowest BCUT2D eigenvalue weighted by atomic mass is 10.1. The number of aliphatic carboxylic acids is 1. The molecule has 1 amide bonds. The average molecular weight is 376 g/mol. The summed E-state index contributed by atoms with van der Waals surface area (Å²) in [5.74, 6) is -1.01. The first-order chi connectivity index (χ1) is 12.4. The van der Waals surface area contributed by atoms with Crippen LogP contribution in [0.4, 0.5) is 0 Å². The molecule has 1 N–H and O–H groups in total. The highest BCUT2D eigenvalue weighted by Crippen LogP contribution is 2.26. The highest BCUT2D eigenvalue weighted by Gasteiger charge is 2.33. The van der Waals surface area contributed by atoms with Crippen LogP contribution in [-0.2, 0) is 11.3 Å². The van der Waals surface area contributed by atoms with Crippen LogP contribution in [-0.4, -0.2) is 44.3 Å². The van der Waals surface area contributed by atoms with E-state index in [9.17, 15) is 9.59 Å². The third kappa shape index (κ3) is 3.60. The molecule has 1 aliphatic heterocycles. The van der Waals surface area contributed by atoms with Crippen molar-refractivity contribution in [1.82, 2.24) is 14.7 Å². The summed E-state index contributed by atoms with van der Waals surface area (Å²) in [6.07, 6.45) is 1.54. The van der Waals surface area contributed by atoms with Gasteiger partial charge in [-0.3, -0.25) is 14.3 Å². The number of aryl methyl sites for hydroxylation is 1. The van der Waals surface area contributed by atoms with E-state index in [1.165, 1.54) is 0 Å². The van der Waals surface area contributed by atoms with Crippen LogP contribution >= 0.6 is 11.6 Å².